The van der Waals surface area contributed by atoms with Crippen molar-refractivity contribution in [3.8, 4) is 5.75 Å². The van der Waals surface area contributed by atoms with Crippen LogP contribution in [0.3, 0.4) is 0 Å². The average Bonchev–Trinajstić information content (AvgIpc) is 2.47. The summed E-state index contributed by atoms with van der Waals surface area (Å²) in [7, 11) is 0. The zero-order valence-electron chi connectivity index (χ0n) is 11.2. The Morgan fingerprint density at radius 3 is 2.63 bits per heavy atom. The molecular weight excluding hydrogens is 238 g/mol. The van der Waals surface area contributed by atoms with E-state index in [1.807, 2.05) is 24.3 Å². The van der Waals surface area contributed by atoms with E-state index in [-0.39, 0.29) is 11.8 Å². The molecule has 0 spiro atoms. The summed E-state index contributed by atoms with van der Waals surface area (Å²) in [6, 6.07) is 8.25. The maximum Gasteiger partial charge on any atom is 0.143 e. The number of rotatable bonds is 2. The van der Waals surface area contributed by atoms with Crippen molar-refractivity contribution < 1.29 is 9.53 Å². The van der Waals surface area contributed by atoms with Crippen molar-refractivity contribution in [2.75, 3.05) is 6.61 Å². The Morgan fingerprint density at radius 2 is 1.84 bits per heavy atom. The lowest BCUT2D eigenvalue weighted by Gasteiger charge is -2.31. The minimum Gasteiger partial charge on any atom is -0.493 e. The van der Waals surface area contributed by atoms with Gasteiger partial charge in [0.2, 0.25) is 0 Å². The van der Waals surface area contributed by atoms with Crippen molar-refractivity contribution in [2.45, 2.75) is 44.1 Å². The van der Waals surface area contributed by atoms with Gasteiger partial charge in [0.15, 0.2) is 0 Å². The Bertz CT molecular complexity index is 464. The largest absolute Gasteiger partial charge is 0.493 e. The summed E-state index contributed by atoms with van der Waals surface area (Å²) in [5.74, 6) is 1.53. The molecule has 1 aliphatic heterocycles. The van der Waals surface area contributed by atoms with Gasteiger partial charge < -0.3 is 10.5 Å². The average molecular weight is 259 g/mol. The van der Waals surface area contributed by atoms with Crippen LogP contribution in [0.25, 0.3) is 0 Å². The van der Waals surface area contributed by atoms with Gasteiger partial charge in [0.25, 0.3) is 0 Å². The predicted molar refractivity (Wildman–Crippen MR) is 74.2 cm³/mol. The number of ketones is 1. The third kappa shape index (κ3) is 2.52. The Labute approximate surface area is 114 Å². The van der Waals surface area contributed by atoms with E-state index in [1.165, 1.54) is 0 Å². The SMILES string of the molecule is NC1CCC(C(=O)C2CCOc3ccccc32)CC1. The number of benzene rings is 1. The van der Waals surface area contributed by atoms with Crippen molar-refractivity contribution in [3.63, 3.8) is 0 Å². The Kier molecular flexibility index (Phi) is 3.56. The summed E-state index contributed by atoms with van der Waals surface area (Å²) >= 11 is 0. The van der Waals surface area contributed by atoms with Gasteiger partial charge in [-0.25, -0.2) is 0 Å². The number of carbonyl (C=O) groups excluding carboxylic acids is 1. The van der Waals surface area contributed by atoms with Gasteiger partial charge in [-0.1, -0.05) is 18.2 Å². The number of hydrogen-bond acceptors (Lipinski definition) is 3. The molecule has 1 fully saturated rings. The zero-order valence-corrected chi connectivity index (χ0v) is 11.2. The summed E-state index contributed by atoms with van der Waals surface area (Å²) in [5.41, 5.74) is 7.00. The molecule has 3 heteroatoms. The van der Waals surface area contributed by atoms with Gasteiger partial charge in [-0.05, 0) is 38.2 Å². The summed E-state index contributed by atoms with van der Waals surface area (Å²) in [4.78, 5) is 12.7. The predicted octanol–water partition coefficient (Wildman–Crippen LogP) is 2.64. The second-order valence-electron chi connectivity index (χ2n) is 5.74. The zero-order chi connectivity index (χ0) is 13.2. The van der Waals surface area contributed by atoms with Gasteiger partial charge in [-0.2, -0.15) is 0 Å². The van der Waals surface area contributed by atoms with Gasteiger partial charge in [0, 0.05) is 23.4 Å². The van der Waals surface area contributed by atoms with Crippen LogP contribution in [0, 0.1) is 5.92 Å². The highest BCUT2D eigenvalue weighted by atomic mass is 16.5. The van der Waals surface area contributed by atoms with Crippen LogP contribution in [0.1, 0.15) is 43.6 Å². The fourth-order valence-corrected chi connectivity index (χ4v) is 3.33. The third-order valence-corrected chi connectivity index (χ3v) is 4.48. The van der Waals surface area contributed by atoms with Crippen LogP contribution < -0.4 is 10.5 Å². The van der Waals surface area contributed by atoms with Crippen molar-refractivity contribution in [1.29, 1.82) is 0 Å². The van der Waals surface area contributed by atoms with E-state index in [9.17, 15) is 4.79 Å². The summed E-state index contributed by atoms with van der Waals surface area (Å²) in [6.07, 6.45) is 4.71. The molecule has 1 aromatic carbocycles. The minimum absolute atomic E-state index is 0.0317. The Morgan fingerprint density at radius 1 is 1.11 bits per heavy atom. The first-order valence-electron chi connectivity index (χ1n) is 7.26. The molecule has 102 valence electrons. The monoisotopic (exact) mass is 259 g/mol. The van der Waals surface area contributed by atoms with Gasteiger partial charge >= 0.3 is 0 Å². The highest BCUT2D eigenvalue weighted by Crippen LogP contribution is 2.38. The summed E-state index contributed by atoms with van der Waals surface area (Å²) in [5, 5.41) is 0. The molecule has 1 unspecified atom stereocenters. The number of fused-ring (bicyclic) bond motifs is 1. The van der Waals surface area contributed by atoms with Gasteiger partial charge in [0.1, 0.15) is 11.5 Å². The molecule has 3 rings (SSSR count). The van der Waals surface area contributed by atoms with Crippen LogP contribution in [0.15, 0.2) is 24.3 Å². The van der Waals surface area contributed by atoms with Gasteiger partial charge in [-0.3, -0.25) is 4.79 Å². The third-order valence-electron chi connectivity index (χ3n) is 4.48. The molecule has 2 aliphatic rings. The maximum absolute atomic E-state index is 12.7. The maximum atomic E-state index is 12.7. The second-order valence-corrected chi connectivity index (χ2v) is 5.74. The Hall–Kier alpha value is -1.35. The molecule has 0 radical (unpaired) electrons. The van der Waals surface area contributed by atoms with Crippen molar-refractivity contribution >= 4 is 5.78 Å². The van der Waals surface area contributed by atoms with Crippen molar-refractivity contribution in [2.24, 2.45) is 11.7 Å². The molecule has 1 aromatic rings. The van der Waals surface area contributed by atoms with Gasteiger partial charge in [0.05, 0.1) is 6.61 Å². The standard InChI is InChI=1S/C16H21NO2/c17-12-7-5-11(6-8-12)16(18)14-9-10-19-15-4-2-1-3-13(14)15/h1-4,11-12,14H,5-10,17H2. The second kappa shape index (κ2) is 5.33. The van der Waals surface area contributed by atoms with Crippen molar-refractivity contribution in [1.82, 2.24) is 0 Å². The first kappa shape index (κ1) is 12.7. The van der Waals surface area contributed by atoms with Crippen LogP contribution in [0.4, 0.5) is 0 Å². The molecular formula is C16H21NO2. The smallest absolute Gasteiger partial charge is 0.143 e. The van der Waals surface area contributed by atoms with Gasteiger partial charge in [-0.15, -0.1) is 0 Å². The lowest BCUT2D eigenvalue weighted by Crippen LogP contribution is -2.33. The number of hydrogen-bond donors (Lipinski definition) is 1. The van der Waals surface area contributed by atoms with E-state index in [1.54, 1.807) is 0 Å². The molecule has 1 aliphatic carbocycles. The summed E-state index contributed by atoms with van der Waals surface area (Å²) < 4.78 is 5.64. The van der Waals surface area contributed by atoms with Crippen LogP contribution in [-0.4, -0.2) is 18.4 Å². The molecule has 3 nitrogen and oxygen atoms in total. The fourth-order valence-electron chi connectivity index (χ4n) is 3.33. The quantitative estimate of drug-likeness (QED) is 0.888. The van der Waals surface area contributed by atoms with E-state index in [4.69, 9.17) is 10.5 Å². The molecule has 1 saturated carbocycles. The lowest BCUT2D eigenvalue weighted by atomic mass is 9.76. The molecule has 1 heterocycles. The van der Waals surface area contributed by atoms with Crippen LogP contribution in [0.5, 0.6) is 5.75 Å². The molecule has 0 saturated heterocycles. The molecule has 0 amide bonds. The van der Waals surface area contributed by atoms with Crippen molar-refractivity contribution in [3.05, 3.63) is 29.8 Å². The lowest BCUT2D eigenvalue weighted by molar-refractivity contribution is -0.126. The van der Waals surface area contributed by atoms with E-state index in [2.05, 4.69) is 0 Å². The van der Waals surface area contributed by atoms with Crippen LogP contribution in [0.2, 0.25) is 0 Å². The highest BCUT2D eigenvalue weighted by molar-refractivity contribution is 5.88. The molecule has 19 heavy (non-hydrogen) atoms. The van der Waals surface area contributed by atoms with E-state index >= 15 is 0 Å². The fraction of sp³-hybridized carbons (Fsp3) is 0.562. The molecule has 0 bridgehead atoms. The molecule has 0 aromatic heterocycles. The van der Waals surface area contributed by atoms with E-state index in [0.29, 0.717) is 18.4 Å². The number of para-hydroxylation sites is 1. The minimum atomic E-state index is 0.0317. The number of Topliss-reactive ketones (excluding diaryl/α,β-unsaturated/α-hetero) is 1. The Balaban J connectivity index is 1.78. The number of ether oxygens (including phenoxy) is 1. The van der Waals surface area contributed by atoms with E-state index in [0.717, 1.165) is 43.4 Å². The van der Waals surface area contributed by atoms with E-state index < -0.39 is 0 Å². The number of carbonyl (C=O) groups is 1. The topological polar surface area (TPSA) is 52.3 Å². The highest BCUT2D eigenvalue weighted by Gasteiger charge is 2.33. The first-order chi connectivity index (χ1) is 9.25. The van der Waals surface area contributed by atoms with Crippen LogP contribution in [-0.2, 0) is 4.79 Å². The summed E-state index contributed by atoms with van der Waals surface area (Å²) in [6.45, 7) is 0.652. The molecule has 1 atom stereocenters. The number of nitrogens with two attached hydrogens (primary N) is 1. The molecule has 2 N–H and O–H groups in total. The van der Waals surface area contributed by atoms with Crippen LogP contribution >= 0.6 is 0 Å². The normalized spacial score (nSPS) is 30.3. The first-order valence-corrected chi connectivity index (χ1v) is 7.26.